The number of carbonyl (C=O) groups is 1. The fourth-order valence-electron chi connectivity index (χ4n) is 1.17. The summed E-state index contributed by atoms with van der Waals surface area (Å²) in [6.07, 6.45) is 1.58. The first-order valence-electron chi connectivity index (χ1n) is 5.59. The average Bonchev–Trinajstić information content (AvgIpc) is 2.20. The minimum absolute atomic E-state index is 0.215. The zero-order chi connectivity index (χ0) is 11.7. The van der Waals surface area contributed by atoms with Crippen molar-refractivity contribution in [2.75, 3.05) is 32.1 Å². The van der Waals surface area contributed by atoms with Crippen LogP contribution in [0.15, 0.2) is 0 Å². The largest absolute Gasteiger partial charge is 0.349 e. The quantitative estimate of drug-likeness (QED) is 0.645. The molecule has 90 valence electrons. The van der Waals surface area contributed by atoms with E-state index in [-0.39, 0.29) is 5.91 Å². The van der Waals surface area contributed by atoms with Crippen molar-refractivity contribution < 1.29 is 4.79 Å². The second-order valence-electron chi connectivity index (χ2n) is 3.91. The summed E-state index contributed by atoms with van der Waals surface area (Å²) in [6.45, 7) is 5.30. The molecule has 0 aliphatic rings. The fraction of sp³-hybridized carbons (Fsp3) is 0.909. The van der Waals surface area contributed by atoms with Gasteiger partial charge in [-0.3, -0.25) is 4.79 Å². The molecule has 0 aromatic carbocycles. The van der Waals surface area contributed by atoms with Gasteiger partial charge in [0.25, 0.3) is 0 Å². The van der Waals surface area contributed by atoms with E-state index in [1.165, 1.54) is 5.75 Å². The highest BCUT2D eigenvalue weighted by molar-refractivity contribution is 7.99. The normalized spacial score (nSPS) is 12.5. The molecule has 0 heterocycles. The van der Waals surface area contributed by atoms with Gasteiger partial charge in [-0.05, 0) is 25.6 Å². The number of rotatable bonds is 8. The molecular formula is C11H24N2OS. The molecule has 1 amide bonds. The molecule has 0 aliphatic heterocycles. The summed E-state index contributed by atoms with van der Waals surface area (Å²) in [5, 5.41) is 3.42. The van der Waals surface area contributed by atoms with Gasteiger partial charge in [-0.25, -0.2) is 0 Å². The Morgan fingerprint density at radius 2 is 2.13 bits per heavy atom. The van der Waals surface area contributed by atoms with Crippen molar-refractivity contribution in [1.29, 1.82) is 0 Å². The van der Waals surface area contributed by atoms with Crippen LogP contribution in [0.2, 0.25) is 0 Å². The number of hydrogen-bond acceptors (Lipinski definition) is 3. The van der Waals surface area contributed by atoms with Crippen LogP contribution in [0.5, 0.6) is 0 Å². The molecule has 0 saturated carbocycles. The molecule has 0 radical (unpaired) electrons. The van der Waals surface area contributed by atoms with Gasteiger partial charge in [-0.15, -0.1) is 0 Å². The summed E-state index contributed by atoms with van der Waals surface area (Å²) in [7, 11) is 3.60. The van der Waals surface area contributed by atoms with Crippen LogP contribution in [-0.4, -0.2) is 49.0 Å². The Balaban J connectivity index is 3.34. The summed E-state index contributed by atoms with van der Waals surface area (Å²) < 4.78 is 0. The standard InChI is InChI=1S/C11H24N2OS/c1-5-15-9-10(2)12-8-6-7-11(14)13(3)4/h10,12H,5-9H2,1-4H3. The van der Waals surface area contributed by atoms with Crippen LogP contribution in [0.4, 0.5) is 0 Å². The van der Waals surface area contributed by atoms with E-state index in [2.05, 4.69) is 19.2 Å². The third-order valence-corrected chi connectivity index (χ3v) is 3.27. The van der Waals surface area contributed by atoms with Gasteiger partial charge in [0, 0.05) is 32.3 Å². The number of amides is 1. The van der Waals surface area contributed by atoms with Crippen LogP contribution >= 0.6 is 11.8 Å². The highest BCUT2D eigenvalue weighted by Crippen LogP contribution is 2.01. The van der Waals surface area contributed by atoms with Gasteiger partial charge in [-0.1, -0.05) is 6.92 Å². The summed E-state index contributed by atoms with van der Waals surface area (Å²) in [6, 6.07) is 0.546. The predicted molar refractivity (Wildman–Crippen MR) is 68.4 cm³/mol. The van der Waals surface area contributed by atoms with E-state index in [1.807, 2.05) is 11.8 Å². The molecule has 0 spiro atoms. The Kier molecular flexibility index (Phi) is 8.91. The van der Waals surface area contributed by atoms with E-state index in [0.29, 0.717) is 12.5 Å². The molecule has 1 atom stereocenters. The zero-order valence-electron chi connectivity index (χ0n) is 10.4. The van der Waals surface area contributed by atoms with Gasteiger partial charge in [0.2, 0.25) is 5.91 Å². The number of nitrogens with one attached hydrogen (secondary N) is 1. The van der Waals surface area contributed by atoms with Crippen molar-refractivity contribution in [3.8, 4) is 0 Å². The van der Waals surface area contributed by atoms with Gasteiger partial charge < -0.3 is 10.2 Å². The molecule has 0 aromatic heterocycles. The molecule has 0 aromatic rings. The molecule has 4 heteroatoms. The maximum Gasteiger partial charge on any atom is 0.222 e. The third kappa shape index (κ3) is 8.75. The molecule has 0 fully saturated rings. The topological polar surface area (TPSA) is 32.3 Å². The zero-order valence-corrected chi connectivity index (χ0v) is 11.2. The van der Waals surface area contributed by atoms with Crippen molar-refractivity contribution in [2.24, 2.45) is 0 Å². The molecule has 0 rings (SSSR count). The Morgan fingerprint density at radius 3 is 2.67 bits per heavy atom. The Bertz CT molecular complexity index is 174. The monoisotopic (exact) mass is 232 g/mol. The molecule has 3 nitrogen and oxygen atoms in total. The second-order valence-corrected chi connectivity index (χ2v) is 5.23. The second kappa shape index (κ2) is 9.04. The van der Waals surface area contributed by atoms with Crippen LogP contribution in [0.1, 0.15) is 26.7 Å². The highest BCUT2D eigenvalue weighted by atomic mass is 32.2. The van der Waals surface area contributed by atoms with Crippen LogP contribution < -0.4 is 5.32 Å². The summed E-state index contributed by atoms with van der Waals surface area (Å²) in [4.78, 5) is 12.9. The Labute approximate surface area is 98.0 Å². The van der Waals surface area contributed by atoms with E-state index in [4.69, 9.17) is 0 Å². The lowest BCUT2D eigenvalue weighted by molar-refractivity contribution is -0.128. The molecule has 0 bridgehead atoms. The lowest BCUT2D eigenvalue weighted by atomic mass is 10.2. The van der Waals surface area contributed by atoms with E-state index in [0.717, 1.165) is 18.7 Å². The van der Waals surface area contributed by atoms with Crippen molar-refractivity contribution >= 4 is 17.7 Å². The minimum Gasteiger partial charge on any atom is -0.349 e. The maximum absolute atomic E-state index is 11.3. The summed E-state index contributed by atoms with van der Waals surface area (Å²) in [5.74, 6) is 2.54. The van der Waals surface area contributed by atoms with Gasteiger partial charge in [0.1, 0.15) is 0 Å². The number of thioether (sulfide) groups is 1. The van der Waals surface area contributed by atoms with Crippen LogP contribution in [0, 0.1) is 0 Å². The van der Waals surface area contributed by atoms with Gasteiger partial charge >= 0.3 is 0 Å². The molecule has 1 N–H and O–H groups in total. The highest BCUT2D eigenvalue weighted by Gasteiger charge is 2.04. The lowest BCUT2D eigenvalue weighted by Gasteiger charge is -2.13. The SMILES string of the molecule is CCSCC(C)NCCCC(=O)N(C)C. The maximum atomic E-state index is 11.3. The molecule has 1 unspecified atom stereocenters. The summed E-state index contributed by atoms with van der Waals surface area (Å²) >= 11 is 1.95. The lowest BCUT2D eigenvalue weighted by Crippen LogP contribution is -2.30. The van der Waals surface area contributed by atoms with Crippen molar-refractivity contribution in [3.05, 3.63) is 0 Å². The van der Waals surface area contributed by atoms with Crippen LogP contribution in [0.3, 0.4) is 0 Å². The summed E-state index contributed by atoms with van der Waals surface area (Å²) in [5.41, 5.74) is 0. The van der Waals surface area contributed by atoms with E-state index in [1.54, 1.807) is 19.0 Å². The Hall–Kier alpha value is -0.220. The van der Waals surface area contributed by atoms with Gasteiger partial charge in [0.15, 0.2) is 0 Å². The first kappa shape index (κ1) is 14.8. The van der Waals surface area contributed by atoms with Crippen molar-refractivity contribution in [2.45, 2.75) is 32.7 Å². The van der Waals surface area contributed by atoms with Crippen molar-refractivity contribution in [3.63, 3.8) is 0 Å². The van der Waals surface area contributed by atoms with Crippen LogP contribution in [0.25, 0.3) is 0 Å². The average molecular weight is 232 g/mol. The van der Waals surface area contributed by atoms with Crippen molar-refractivity contribution in [1.82, 2.24) is 10.2 Å². The fourth-order valence-corrected chi connectivity index (χ4v) is 1.87. The molecule has 0 saturated heterocycles. The number of carbonyl (C=O) groups excluding carboxylic acids is 1. The first-order valence-corrected chi connectivity index (χ1v) is 6.74. The van der Waals surface area contributed by atoms with Crippen LogP contribution in [-0.2, 0) is 4.79 Å². The smallest absolute Gasteiger partial charge is 0.222 e. The van der Waals surface area contributed by atoms with E-state index < -0.39 is 0 Å². The van der Waals surface area contributed by atoms with E-state index >= 15 is 0 Å². The van der Waals surface area contributed by atoms with Gasteiger partial charge in [0.05, 0.1) is 0 Å². The number of hydrogen-bond donors (Lipinski definition) is 1. The molecule has 0 aliphatic carbocycles. The molecule has 15 heavy (non-hydrogen) atoms. The molecular weight excluding hydrogens is 208 g/mol. The predicted octanol–water partition coefficient (Wildman–Crippen LogP) is 1.59. The first-order chi connectivity index (χ1) is 7.07. The third-order valence-electron chi connectivity index (χ3n) is 2.13. The van der Waals surface area contributed by atoms with Gasteiger partial charge in [-0.2, -0.15) is 11.8 Å². The minimum atomic E-state index is 0.215. The van der Waals surface area contributed by atoms with E-state index in [9.17, 15) is 4.79 Å². The number of nitrogens with zero attached hydrogens (tertiary/aromatic N) is 1. The Morgan fingerprint density at radius 1 is 1.47 bits per heavy atom.